The number of benzene rings is 3. The van der Waals surface area contributed by atoms with Gasteiger partial charge in [-0.3, -0.25) is 14.5 Å². The molecule has 0 aliphatic carbocycles. The smallest absolute Gasteiger partial charge is 0.415 e. The molecule has 1 fully saturated rings. The summed E-state index contributed by atoms with van der Waals surface area (Å²) >= 11 is 0. The molecule has 1 unspecified atom stereocenters. The molecule has 258 valence electrons. The van der Waals surface area contributed by atoms with E-state index >= 15 is 0 Å². The third kappa shape index (κ3) is 9.33. The van der Waals surface area contributed by atoms with E-state index in [4.69, 9.17) is 10.5 Å². The molecule has 1 heterocycles. The van der Waals surface area contributed by atoms with E-state index in [2.05, 4.69) is 10.6 Å². The van der Waals surface area contributed by atoms with Crippen molar-refractivity contribution >= 4 is 39.3 Å². The largest absolute Gasteiger partial charge is 0.434 e. The Kier molecular flexibility index (Phi) is 12.2. The van der Waals surface area contributed by atoms with Crippen molar-refractivity contribution in [2.24, 2.45) is 5.92 Å². The monoisotopic (exact) mass is 679 g/mol. The minimum absolute atomic E-state index is 0.0123. The van der Waals surface area contributed by atoms with Crippen LogP contribution in [0.5, 0.6) is 0 Å². The second kappa shape index (κ2) is 16.1. The molecular formula is C35H45N5O7S. The summed E-state index contributed by atoms with van der Waals surface area (Å²) in [5.41, 5.74) is 7.75. The predicted molar refractivity (Wildman–Crippen MR) is 184 cm³/mol. The molecule has 0 saturated carbocycles. The number of sulfonamides is 1. The number of nitrogens with two attached hydrogens (primary N) is 1. The van der Waals surface area contributed by atoms with E-state index in [9.17, 15) is 27.9 Å². The van der Waals surface area contributed by atoms with E-state index in [0.29, 0.717) is 23.4 Å². The lowest BCUT2D eigenvalue weighted by molar-refractivity contribution is -0.129. The third-order valence-electron chi connectivity index (χ3n) is 8.16. The highest BCUT2D eigenvalue weighted by atomic mass is 32.2. The van der Waals surface area contributed by atoms with Gasteiger partial charge >= 0.3 is 6.09 Å². The van der Waals surface area contributed by atoms with Crippen LogP contribution in [0.25, 0.3) is 0 Å². The fraction of sp³-hybridized carbons (Fsp3) is 0.400. The van der Waals surface area contributed by atoms with Crippen molar-refractivity contribution in [3.8, 4) is 0 Å². The Morgan fingerprint density at radius 2 is 1.69 bits per heavy atom. The molecule has 5 N–H and O–H groups in total. The summed E-state index contributed by atoms with van der Waals surface area (Å²) in [4.78, 5) is 40.3. The number of cyclic esters (lactones) is 1. The number of carbonyl (C=O) groups excluding carboxylic acids is 3. The highest BCUT2D eigenvalue weighted by Crippen LogP contribution is 2.24. The van der Waals surface area contributed by atoms with Gasteiger partial charge in [-0.25, -0.2) is 13.2 Å². The molecule has 4 rings (SSSR count). The summed E-state index contributed by atoms with van der Waals surface area (Å²) in [5, 5.41) is 17.2. The van der Waals surface area contributed by atoms with Gasteiger partial charge < -0.3 is 26.2 Å². The Morgan fingerprint density at radius 3 is 2.33 bits per heavy atom. The van der Waals surface area contributed by atoms with Gasteiger partial charge in [0.05, 0.1) is 23.6 Å². The zero-order valence-electron chi connectivity index (χ0n) is 27.7. The number of aliphatic hydroxyl groups is 1. The maximum Gasteiger partial charge on any atom is 0.415 e. The molecule has 0 spiro atoms. The fourth-order valence-corrected chi connectivity index (χ4v) is 6.85. The van der Waals surface area contributed by atoms with Gasteiger partial charge in [0.25, 0.3) is 11.8 Å². The lowest BCUT2D eigenvalue weighted by Gasteiger charge is -2.31. The zero-order chi connectivity index (χ0) is 35.0. The van der Waals surface area contributed by atoms with Gasteiger partial charge in [0.1, 0.15) is 0 Å². The standard InChI is InChI=1S/C35H45N5O7S/c1-5-24(4)20-39(48(45,46)29-16-14-27(36)15-17-29)21-31(41)30(18-25-10-7-6-8-11-25)38-34(43)32-22-40(35(44)47-32)28-13-9-12-26(19-28)33(42)37-23(2)3/h6-17,19,23-24,30-32,41H,5,18,20-22,36H2,1-4H3,(H,37,42)(H,38,43)/t24-,30-,31+,32?/m0/s1. The van der Waals surface area contributed by atoms with Crippen molar-refractivity contribution in [3.05, 3.63) is 90.0 Å². The summed E-state index contributed by atoms with van der Waals surface area (Å²) in [6, 6.07) is 20.5. The minimum Gasteiger partial charge on any atom is -0.434 e. The number of anilines is 2. The molecule has 0 radical (unpaired) electrons. The topological polar surface area (TPSA) is 171 Å². The first-order valence-corrected chi connectivity index (χ1v) is 17.5. The number of nitrogen functional groups attached to an aromatic ring is 1. The summed E-state index contributed by atoms with van der Waals surface area (Å²) in [5.74, 6) is -0.955. The second-order valence-electron chi connectivity index (χ2n) is 12.4. The molecule has 1 saturated heterocycles. The maximum absolute atomic E-state index is 13.8. The van der Waals surface area contributed by atoms with Crippen LogP contribution in [0.1, 0.15) is 50.0 Å². The molecular weight excluding hydrogens is 634 g/mol. The van der Waals surface area contributed by atoms with Crippen molar-refractivity contribution in [1.82, 2.24) is 14.9 Å². The van der Waals surface area contributed by atoms with E-state index in [1.54, 1.807) is 24.3 Å². The minimum atomic E-state index is -4.03. The van der Waals surface area contributed by atoms with Crippen LogP contribution >= 0.6 is 0 Å². The summed E-state index contributed by atoms with van der Waals surface area (Å²) < 4.78 is 34.2. The zero-order valence-corrected chi connectivity index (χ0v) is 28.5. The molecule has 3 amide bonds. The van der Waals surface area contributed by atoms with Crippen LogP contribution in [0.4, 0.5) is 16.2 Å². The highest BCUT2D eigenvalue weighted by molar-refractivity contribution is 7.89. The molecule has 3 aromatic carbocycles. The number of nitrogens with one attached hydrogen (secondary N) is 2. The second-order valence-corrected chi connectivity index (χ2v) is 14.4. The van der Waals surface area contributed by atoms with E-state index in [-0.39, 0.29) is 48.8 Å². The molecule has 0 aromatic heterocycles. The number of amides is 3. The van der Waals surface area contributed by atoms with Crippen LogP contribution < -0.4 is 21.3 Å². The number of rotatable bonds is 15. The van der Waals surface area contributed by atoms with Gasteiger partial charge in [-0.05, 0) is 74.2 Å². The SMILES string of the molecule is CC[C@H](C)CN(C[C@@H](O)[C@H](Cc1ccccc1)NC(=O)C1CN(c2cccc(C(=O)NC(C)C)c2)C(=O)O1)S(=O)(=O)c1ccc(N)cc1. The Morgan fingerprint density at radius 1 is 1.00 bits per heavy atom. The number of ether oxygens (including phenoxy) is 1. The first kappa shape index (κ1) is 36.4. The van der Waals surface area contributed by atoms with Gasteiger partial charge in [0, 0.05) is 36.1 Å². The van der Waals surface area contributed by atoms with Gasteiger partial charge in [-0.1, -0.05) is 56.7 Å². The van der Waals surface area contributed by atoms with E-state index in [1.807, 2.05) is 58.0 Å². The quantitative estimate of drug-likeness (QED) is 0.177. The van der Waals surface area contributed by atoms with Crippen LogP contribution in [0, 0.1) is 5.92 Å². The van der Waals surface area contributed by atoms with Gasteiger partial charge in [-0.15, -0.1) is 0 Å². The van der Waals surface area contributed by atoms with Gasteiger partial charge in [-0.2, -0.15) is 4.31 Å². The maximum atomic E-state index is 13.8. The van der Waals surface area contributed by atoms with Crippen LogP contribution in [-0.4, -0.2) is 79.7 Å². The van der Waals surface area contributed by atoms with E-state index in [0.717, 1.165) is 5.56 Å². The number of nitrogens with zero attached hydrogens (tertiary/aromatic N) is 2. The number of hydrogen-bond acceptors (Lipinski definition) is 8. The summed E-state index contributed by atoms with van der Waals surface area (Å²) in [6.45, 7) is 7.29. The Labute approximate surface area is 282 Å². The Balaban J connectivity index is 1.54. The predicted octanol–water partition coefficient (Wildman–Crippen LogP) is 3.56. The lowest BCUT2D eigenvalue weighted by Crippen LogP contribution is -2.53. The molecule has 12 nitrogen and oxygen atoms in total. The van der Waals surface area contributed by atoms with Crippen LogP contribution in [0.3, 0.4) is 0 Å². The normalized spacial score (nSPS) is 16.8. The molecule has 4 atom stereocenters. The summed E-state index contributed by atoms with van der Waals surface area (Å²) in [6.07, 6.45) is -2.41. The first-order valence-electron chi connectivity index (χ1n) is 16.1. The van der Waals surface area contributed by atoms with Crippen LogP contribution in [-0.2, 0) is 26.0 Å². The number of hydrogen-bond donors (Lipinski definition) is 4. The Hall–Kier alpha value is -4.46. The van der Waals surface area contributed by atoms with E-state index in [1.165, 1.54) is 33.5 Å². The van der Waals surface area contributed by atoms with Crippen LogP contribution in [0.15, 0.2) is 83.8 Å². The first-order chi connectivity index (χ1) is 22.8. The van der Waals surface area contributed by atoms with E-state index < -0.39 is 40.3 Å². The van der Waals surface area contributed by atoms with Crippen molar-refractivity contribution < 1.29 is 32.6 Å². The van der Waals surface area contributed by atoms with Crippen molar-refractivity contribution in [3.63, 3.8) is 0 Å². The van der Waals surface area contributed by atoms with Crippen LogP contribution in [0.2, 0.25) is 0 Å². The summed E-state index contributed by atoms with van der Waals surface area (Å²) in [7, 11) is -4.03. The Bertz CT molecular complexity index is 1670. The lowest BCUT2D eigenvalue weighted by atomic mass is 10.0. The number of aliphatic hydroxyl groups excluding tert-OH is 1. The number of carbonyl (C=O) groups is 3. The third-order valence-corrected chi connectivity index (χ3v) is 10.0. The average Bonchev–Trinajstić information content (AvgIpc) is 3.46. The van der Waals surface area contributed by atoms with Gasteiger partial charge in [0.15, 0.2) is 6.10 Å². The molecule has 0 bridgehead atoms. The van der Waals surface area contributed by atoms with Crippen molar-refractivity contribution in [1.29, 1.82) is 0 Å². The molecule has 13 heteroatoms. The van der Waals surface area contributed by atoms with Gasteiger partial charge in [0.2, 0.25) is 10.0 Å². The molecule has 48 heavy (non-hydrogen) atoms. The highest BCUT2D eigenvalue weighted by Gasteiger charge is 2.39. The van der Waals surface area contributed by atoms with Crippen molar-refractivity contribution in [2.75, 3.05) is 30.3 Å². The molecule has 1 aliphatic heterocycles. The van der Waals surface area contributed by atoms with Crippen molar-refractivity contribution in [2.45, 2.75) is 69.7 Å². The average molecular weight is 680 g/mol. The fourth-order valence-electron chi connectivity index (χ4n) is 5.27. The molecule has 1 aliphatic rings. The molecule has 3 aromatic rings.